The van der Waals surface area contributed by atoms with Crippen LogP contribution in [0, 0.1) is 23.7 Å². The molecular weight excluding hydrogens is 473 g/mol. The summed E-state index contributed by atoms with van der Waals surface area (Å²) in [5.74, 6) is 0.150. The predicted molar refractivity (Wildman–Crippen MR) is 147 cm³/mol. The smallest absolute Gasteiger partial charge is 0.157 e. The van der Waals surface area contributed by atoms with Crippen LogP contribution in [0.15, 0.2) is 0 Å². The molecule has 7 unspecified atom stereocenters. The lowest BCUT2D eigenvalue weighted by Crippen LogP contribution is -2.48. The van der Waals surface area contributed by atoms with Gasteiger partial charge in [0.15, 0.2) is 6.17 Å². The van der Waals surface area contributed by atoms with Crippen LogP contribution in [-0.2, 0) is 9.47 Å². The highest BCUT2D eigenvalue weighted by Crippen LogP contribution is 2.47. The summed E-state index contributed by atoms with van der Waals surface area (Å²) in [5, 5.41) is 0. The molecule has 0 aromatic heterocycles. The Balaban J connectivity index is 1.32. The van der Waals surface area contributed by atoms with Crippen LogP contribution in [0.5, 0.6) is 0 Å². The van der Waals surface area contributed by atoms with Crippen molar-refractivity contribution in [1.29, 1.82) is 0 Å². The first-order chi connectivity index (χ1) is 18.0. The fourth-order valence-corrected chi connectivity index (χ4v) is 7.44. The van der Waals surface area contributed by atoms with E-state index in [0.717, 1.165) is 64.4 Å². The maximum Gasteiger partial charge on any atom is 0.157 e. The van der Waals surface area contributed by atoms with E-state index >= 15 is 8.78 Å². The Morgan fingerprint density at radius 1 is 0.541 bits per heavy atom. The van der Waals surface area contributed by atoms with E-state index in [9.17, 15) is 4.39 Å². The Morgan fingerprint density at radius 3 is 1.78 bits per heavy atom. The van der Waals surface area contributed by atoms with Crippen LogP contribution in [0.2, 0.25) is 0 Å². The molecule has 3 aliphatic rings. The Hall–Kier alpha value is -0.290. The van der Waals surface area contributed by atoms with E-state index in [2.05, 4.69) is 13.8 Å². The van der Waals surface area contributed by atoms with Crippen LogP contribution in [0.4, 0.5) is 13.2 Å². The van der Waals surface area contributed by atoms with Crippen molar-refractivity contribution in [2.45, 2.75) is 167 Å². The van der Waals surface area contributed by atoms with E-state index < -0.39 is 30.5 Å². The van der Waals surface area contributed by atoms with Gasteiger partial charge in [0.05, 0.1) is 12.2 Å². The van der Waals surface area contributed by atoms with E-state index in [1.165, 1.54) is 38.5 Å². The van der Waals surface area contributed by atoms with Gasteiger partial charge in [0.1, 0.15) is 12.3 Å². The van der Waals surface area contributed by atoms with Crippen molar-refractivity contribution in [3.8, 4) is 0 Å². The highest BCUT2D eigenvalue weighted by atomic mass is 19.2. The van der Waals surface area contributed by atoms with Gasteiger partial charge in [-0.3, -0.25) is 0 Å². The quantitative estimate of drug-likeness (QED) is 0.185. The summed E-state index contributed by atoms with van der Waals surface area (Å²) in [6.07, 6.45) is 15.3. The molecule has 0 bridgehead atoms. The zero-order valence-electron chi connectivity index (χ0n) is 24.0. The zero-order chi connectivity index (χ0) is 26.5. The molecule has 2 nitrogen and oxygen atoms in total. The maximum absolute atomic E-state index is 15.4. The van der Waals surface area contributed by atoms with Gasteiger partial charge in [-0.1, -0.05) is 65.2 Å². The molecular formula is C32H57F3O2. The fraction of sp³-hybridized carbons (Fsp3) is 1.00. The lowest BCUT2D eigenvalue weighted by Gasteiger charge is -2.44. The molecule has 3 aliphatic carbocycles. The highest BCUT2D eigenvalue weighted by Gasteiger charge is 2.48. The van der Waals surface area contributed by atoms with Crippen LogP contribution in [0.1, 0.15) is 136 Å². The minimum atomic E-state index is -1.61. The molecule has 0 aliphatic heterocycles. The van der Waals surface area contributed by atoms with Crippen LogP contribution in [-0.4, -0.2) is 43.9 Å². The van der Waals surface area contributed by atoms with Gasteiger partial charge in [-0.15, -0.1) is 0 Å². The second-order valence-electron chi connectivity index (χ2n) is 12.5. The molecule has 0 aromatic carbocycles. The third-order valence-corrected chi connectivity index (χ3v) is 9.83. The molecule has 5 heteroatoms. The van der Waals surface area contributed by atoms with Gasteiger partial charge in [0, 0.05) is 13.2 Å². The molecule has 0 heterocycles. The number of rotatable bonds is 16. The summed E-state index contributed by atoms with van der Waals surface area (Å²) in [6.45, 7) is 5.78. The van der Waals surface area contributed by atoms with Crippen LogP contribution in [0.25, 0.3) is 0 Å². The second-order valence-corrected chi connectivity index (χ2v) is 12.5. The summed E-state index contributed by atoms with van der Waals surface area (Å²) >= 11 is 0. The molecule has 3 saturated carbocycles. The van der Waals surface area contributed by atoms with Gasteiger partial charge in [0.2, 0.25) is 0 Å². The first-order valence-electron chi connectivity index (χ1n) is 16.2. The molecule has 37 heavy (non-hydrogen) atoms. The zero-order valence-corrected chi connectivity index (χ0v) is 24.0. The molecule has 0 saturated heterocycles. The molecule has 0 N–H and O–H groups in total. The van der Waals surface area contributed by atoms with Gasteiger partial charge < -0.3 is 9.47 Å². The Labute approximate surface area is 226 Å². The highest BCUT2D eigenvalue weighted by molar-refractivity contribution is 4.96. The van der Waals surface area contributed by atoms with Gasteiger partial charge in [-0.2, -0.15) is 0 Å². The normalized spacial score (nSPS) is 37.1. The van der Waals surface area contributed by atoms with Crippen molar-refractivity contribution in [1.82, 2.24) is 0 Å². The van der Waals surface area contributed by atoms with Crippen molar-refractivity contribution in [2.24, 2.45) is 23.7 Å². The average Bonchev–Trinajstić information content (AvgIpc) is 2.91. The van der Waals surface area contributed by atoms with Gasteiger partial charge in [-0.05, 0) is 94.3 Å². The Morgan fingerprint density at radius 2 is 1.11 bits per heavy atom. The van der Waals surface area contributed by atoms with Crippen molar-refractivity contribution in [3.63, 3.8) is 0 Å². The van der Waals surface area contributed by atoms with E-state index in [-0.39, 0.29) is 5.92 Å². The molecule has 7 atom stereocenters. The number of halogens is 3. The summed E-state index contributed by atoms with van der Waals surface area (Å²) < 4.78 is 57.3. The number of ether oxygens (including phenoxy) is 2. The lowest BCUT2D eigenvalue weighted by molar-refractivity contribution is -0.0978. The molecule has 0 aromatic rings. The monoisotopic (exact) mass is 530 g/mol. The van der Waals surface area contributed by atoms with Crippen molar-refractivity contribution >= 4 is 0 Å². The maximum atomic E-state index is 15.4. The fourth-order valence-electron chi connectivity index (χ4n) is 7.44. The van der Waals surface area contributed by atoms with Gasteiger partial charge in [0.25, 0.3) is 0 Å². The standard InChI is InChI=1S/C32H57F3O2/c1-3-5-7-9-10-12-21-36-26-16-13-24(14-17-26)25-15-18-27(29(33)23-25)28-19-20-30(32(35)31(28)34)37-22-11-8-6-4-2/h24-32H,3-23H2,1-2H3. The van der Waals surface area contributed by atoms with Crippen LogP contribution in [0.3, 0.4) is 0 Å². The first-order valence-corrected chi connectivity index (χ1v) is 16.2. The number of hydrogen-bond donors (Lipinski definition) is 0. The van der Waals surface area contributed by atoms with E-state index in [0.29, 0.717) is 50.2 Å². The lowest BCUT2D eigenvalue weighted by atomic mass is 9.65. The summed E-state index contributed by atoms with van der Waals surface area (Å²) in [4.78, 5) is 0. The molecule has 3 fully saturated rings. The Kier molecular flexibility index (Phi) is 14.7. The van der Waals surface area contributed by atoms with E-state index in [4.69, 9.17) is 9.47 Å². The predicted octanol–water partition coefficient (Wildman–Crippen LogP) is 9.73. The minimum absolute atomic E-state index is 0.327. The summed E-state index contributed by atoms with van der Waals surface area (Å²) in [6, 6.07) is 0. The third kappa shape index (κ3) is 10.00. The average molecular weight is 531 g/mol. The van der Waals surface area contributed by atoms with Gasteiger partial charge >= 0.3 is 0 Å². The Bertz CT molecular complexity index is 582. The van der Waals surface area contributed by atoms with Gasteiger partial charge in [-0.25, -0.2) is 13.2 Å². The largest absolute Gasteiger partial charge is 0.378 e. The number of alkyl halides is 3. The summed E-state index contributed by atoms with van der Waals surface area (Å²) in [7, 11) is 0. The van der Waals surface area contributed by atoms with Crippen molar-refractivity contribution in [2.75, 3.05) is 13.2 Å². The second kappa shape index (κ2) is 17.4. The van der Waals surface area contributed by atoms with Crippen molar-refractivity contribution < 1.29 is 22.6 Å². The van der Waals surface area contributed by atoms with Crippen LogP contribution < -0.4 is 0 Å². The molecule has 3 rings (SSSR count). The summed E-state index contributed by atoms with van der Waals surface area (Å²) in [5.41, 5.74) is 0. The SMILES string of the molecule is CCCCCCCCOC1CCC(C2CCC(C3CCC(OCCCCCC)C(F)C3F)C(F)C2)CC1. The molecule has 0 radical (unpaired) electrons. The number of unbranched alkanes of at least 4 members (excludes halogenated alkanes) is 8. The topological polar surface area (TPSA) is 18.5 Å². The molecule has 0 spiro atoms. The number of hydrogen-bond acceptors (Lipinski definition) is 2. The van der Waals surface area contributed by atoms with E-state index in [1.54, 1.807) is 0 Å². The van der Waals surface area contributed by atoms with Crippen LogP contribution >= 0.6 is 0 Å². The van der Waals surface area contributed by atoms with E-state index in [1.807, 2.05) is 0 Å². The first kappa shape index (κ1) is 31.2. The van der Waals surface area contributed by atoms with Crippen molar-refractivity contribution in [3.05, 3.63) is 0 Å². The molecule has 218 valence electrons. The minimum Gasteiger partial charge on any atom is -0.378 e. The molecule has 0 amide bonds. The third-order valence-electron chi connectivity index (χ3n) is 9.83.